The molecule has 0 fully saturated rings. The molecule has 92 valence electrons. The topological polar surface area (TPSA) is 37.4 Å². The first kappa shape index (κ1) is 13.4. The molecule has 0 aliphatic carbocycles. The predicted molar refractivity (Wildman–Crippen MR) is 67.5 cm³/mol. The zero-order chi connectivity index (χ0) is 13.0. The van der Waals surface area contributed by atoms with Crippen LogP contribution in [0.4, 0.5) is 0 Å². The highest BCUT2D eigenvalue weighted by Crippen LogP contribution is 2.14. The van der Waals surface area contributed by atoms with E-state index in [2.05, 4.69) is 0 Å². The number of amides is 2. The molecule has 0 heterocycles. The Morgan fingerprint density at radius 3 is 2.06 bits per heavy atom. The van der Waals surface area contributed by atoms with E-state index < -0.39 is 0 Å². The number of carbonyl (C=O) groups is 2. The summed E-state index contributed by atoms with van der Waals surface area (Å²) in [6.45, 7) is 5.80. The Labute approximate surface area is 102 Å². The molecule has 0 aliphatic heterocycles. The highest BCUT2D eigenvalue weighted by Gasteiger charge is 2.25. The van der Waals surface area contributed by atoms with Gasteiger partial charge in [0.05, 0.1) is 0 Å². The Kier molecular flexibility index (Phi) is 4.44. The lowest BCUT2D eigenvalue weighted by atomic mass is 9.96. The standard InChI is InChI=1S/C14H19NO2/c1-10(2)11(3)13(16)15(4)14(17)12-8-6-5-7-9-12/h5-11H,1-4H3. The fraction of sp³-hybridized carbons (Fsp3) is 0.429. The van der Waals surface area contributed by atoms with Crippen LogP contribution in [-0.4, -0.2) is 23.8 Å². The molecule has 1 aromatic rings. The summed E-state index contributed by atoms with van der Waals surface area (Å²) in [5.41, 5.74) is 0.541. The van der Waals surface area contributed by atoms with Crippen molar-refractivity contribution in [3.05, 3.63) is 35.9 Å². The second-order valence-corrected chi connectivity index (χ2v) is 4.60. The molecular weight excluding hydrogens is 214 g/mol. The van der Waals surface area contributed by atoms with E-state index in [1.54, 1.807) is 24.3 Å². The molecule has 1 atom stereocenters. The van der Waals surface area contributed by atoms with E-state index >= 15 is 0 Å². The van der Waals surface area contributed by atoms with Gasteiger partial charge in [-0.1, -0.05) is 39.0 Å². The number of hydrogen-bond donors (Lipinski definition) is 0. The van der Waals surface area contributed by atoms with Crippen molar-refractivity contribution in [2.45, 2.75) is 20.8 Å². The highest BCUT2D eigenvalue weighted by molar-refractivity contribution is 6.04. The zero-order valence-corrected chi connectivity index (χ0v) is 10.8. The minimum Gasteiger partial charge on any atom is -0.281 e. The molecule has 0 saturated carbocycles. The maximum absolute atomic E-state index is 12.0. The van der Waals surface area contributed by atoms with Crippen LogP contribution in [-0.2, 0) is 4.79 Å². The normalized spacial score (nSPS) is 12.3. The molecule has 17 heavy (non-hydrogen) atoms. The number of hydrogen-bond acceptors (Lipinski definition) is 2. The highest BCUT2D eigenvalue weighted by atomic mass is 16.2. The SMILES string of the molecule is CC(C)C(C)C(=O)N(C)C(=O)c1ccccc1. The van der Waals surface area contributed by atoms with Crippen LogP contribution in [0.5, 0.6) is 0 Å². The van der Waals surface area contributed by atoms with Crippen LogP contribution in [0.3, 0.4) is 0 Å². The van der Waals surface area contributed by atoms with Gasteiger partial charge in [-0.15, -0.1) is 0 Å². The van der Waals surface area contributed by atoms with Crippen molar-refractivity contribution in [2.24, 2.45) is 11.8 Å². The predicted octanol–water partition coefficient (Wildman–Crippen LogP) is 2.58. The van der Waals surface area contributed by atoms with Crippen molar-refractivity contribution < 1.29 is 9.59 Å². The van der Waals surface area contributed by atoms with Gasteiger partial charge in [-0.05, 0) is 18.1 Å². The summed E-state index contributed by atoms with van der Waals surface area (Å²) in [6.07, 6.45) is 0. The molecule has 1 unspecified atom stereocenters. The van der Waals surface area contributed by atoms with Crippen molar-refractivity contribution in [1.29, 1.82) is 0 Å². The molecular formula is C14H19NO2. The summed E-state index contributed by atoms with van der Waals surface area (Å²) in [6, 6.07) is 8.85. The van der Waals surface area contributed by atoms with Gasteiger partial charge in [-0.3, -0.25) is 14.5 Å². The van der Waals surface area contributed by atoms with Gasteiger partial charge in [0.15, 0.2) is 0 Å². The minimum atomic E-state index is -0.247. The van der Waals surface area contributed by atoms with E-state index in [9.17, 15) is 9.59 Å². The van der Waals surface area contributed by atoms with E-state index in [1.165, 1.54) is 11.9 Å². The van der Waals surface area contributed by atoms with Crippen molar-refractivity contribution in [2.75, 3.05) is 7.05 Å². The summed E-state index contributed by atoms with van der Waals surface area (Å²) in [5, 5.41) is 0. The van der Waals surface area contributed by atoms with Crippen LogP contribution < -0.4 is 0 Å². The monoisotopic (exact) mass is 233 g/mol. The lowest BCUT2D eigenvalue weighted by Crippen LogP contribution is -2.38. The van der Waals surface area contributed by atoms with E-state index in [0.29, 0.717) is 5.56 Å². The van der Waals surface area contributed by atoms with Crippen LogP contribution in [0.1, 0.15) is 31.1 Å². The van der Waals surface area contributed by atoms with Crippen molar-refractivity contribution in [3.63, 3.8) is 0 Å². The van der Waals surface area contributed by atoms with Crippen LogP contribution in [0.15, 0.2) is 30.3 Å². The number of imide groups is 1. The Morgan fingerprint density at radius 2 is 1.59 bits per heavy atom. The van der Waals surface area contributed by atoms with E-state index in [0.717, 1.165) is 0 Å². The Balaban J connectivity index is 2.81. The van der Waals surface area contributed by atoms with Crippen LogP contribution in [0.25, 0.3) is 0 Å². The van der Waals surface area contributed by atoms with Crippen molar-refractivity contribution >= 4 is 11.8 Å². The third kappa shape index (κ3) is 3.16. The van der Waals surface area contributed by atoms with Gasteiger partial charge in [0.2, 0.25) is 5.91 Å². The second-order valence-electron chi connectivity index (χ2n) is 4.60. The molecule has 1 aromatic carbocycles. The fourth-order valence-corrected chi connectivity index (χ4v) is 1.47. The van der Waals surface area contributed by atoms with E-state index in [1.807, 2.05) is 26.8 Å². The molecule has 0 N–H and O–H groups in total. The molecule has 0 aliphatic rings. The number of carbonyl (C=O) groups excluding carboxylic acids is 2. The first-order chi connectivity index (χ1) is 7.95. The molecule has 2 amide bonds. The summed E-state index contributed by atoms with van der Waals surface area (Å²) < 4.78 is 0. The molecule has 0 bridgehead atoms. The molecule has 3 nitrogen and oxygen atoms in total. The van der Waals surface area contributed by atoms with Gasteiger partial charge in [-0.2, -0.15) is 0 Å². The fourth-order valence-electron chi connectivity index (χ4n) is 1.47. The third-order valence-corrected chi connectivity index (χ3v) is 3.05. The Hall–Kier alpha value is -1.64. The first-order valence-corrected chi connectivity index (χ1v) is 5.82. The van der Waals surface area contributed by atoms with Crippen molar-refractivity contribution in [3.8, 4) is 0 Å². The van der Waals surface area contributed by atoms with Crippen molar-refractivity contribution in [1.82, 2.24) is 4.90 Å². The molecule has 3 heteroatoms. The summed E-state index contributed by atoms with van der Waals surface area (Å²) in [4.78, 5) is 25.2. The van der Waals surface area contributed by atoms with Gasteiger partial charge < -0.3 is 0 Å². The van der Waals surface area contributed by atoms with Crippen LogP contribution in [0, 0.1) is 11.8 Å². The lowest BCUT2D eigenvalue weighted by molar-refractivity contribution is -0.132. The third-order valence-electron chi connectivity index (χ3n) is 3.05. The largest absolute Gasteiger partial charge is 0.281 e. The molecule has 1 rings (SSSR count). The molecule has 0 radical (unpaired) electrons. The summed E-state index contributed by atoms with van der Waals surface area (Å²) in [7, 11) is 1.54. The minimum absolute atomic E-state index is 0.131. The number of nitrogens with zero attached hydrogens (tertiary/aromatic N) is 1. The van der Waals surface area contributed by atoms with Gasteiger partial charge in [0, 0.05) is 18.5 Å². The summed E-state index contributed by atoms with van der Waals surface area (Å²) >= 11 is 0. The van der Waals surface area contributed by atoms with Gasteiger partial charge in [0.1, 0.15) is 0 Å². The van der Waals surface area contributed by atoms with Crippen LogP contribution in [0.2, 0.25) is 0 Å². The van der Waals surface area contributed by atoms with Crippen LogP contribution >= 0.6 is 0 Å². The van der Waals surface area contributed by atoms with Gasteiger partial charge in [0.25, 0.3) is 5.91 Å². The maximum Gasteiger partial charge on any atom is 0.260 e. The molecule has 0 spiro atoms. The second kappa shape index (κ2) is 5.62. The summed E-state index contributed by atoms with van der Waals surface area (Å²) in [5.74, 6) is -0.293. The van der Waals surface area contributed by atoms with Gasteiger partial charge in [-0.25, -0.2) is 0 Å². The van der Waals surface area contributed by atoms with E-state index in [4.69, 9.17) is 0 Å². The number of rotatable bonds is 3. The number of benzene rings is 1. The Morgan fingerprint density at radius 1 is 1.06 bits per heavy atom. The first-order valence-electron chi connectivity index (χ1n) is 5.82. The smallest absolute Gasteiger partial charge is 0.260 e. The zero-order valence-electron chi connectivity index (χ0n) is 10.8. The molecule has 0 aromatic heterocycles. The van der Waals surface area contributed by atoms with E-state index in [-0.39, 0.29) is 23.7 Å². The molecule has 0 saturated heterocycles. The lowest BCUT2D eigenvalue weighted by Gasteiger charge is -2.22. The maximum atomic E-state index is 12.0. The van der Waals surface area contributed by atoms with Gasteiger partial charge >= 0.3 is 0 Å². The Bertz CT molecular complexity index is 398. The quantitative estimate of drug-likeness (QED) is 0.804. The average Bonchev–Trinajstić information content (AvgIpc) is 2.36. The average molecular weight is 233 g/mol.